The molecule has 0 radical (unpaired) electrons. The minimum Gasteiger partial charge on any atom is -0.309 e. The van der Waals surface area contributed by atoms with E-state index in [9.17, 15) is 0 Å². The molecule has 1 fully saturated rings. The molecular formula is C66H50N2. The largest absolute Gasteiger partial charge is 0.309 e. The van der Waals surface area contributed by atoms with Crippen LogP contribution in [0.2, 0.25) is 0 Å². The third-order valence-electron chi connectivity index (χ3n) is 14.8. The molecule has 13 rings (SSSR count). The molecule has 1 aromatic heterocycles. The van der Waals surface area contributed by atoms with Gasteiger partial charge in [0.1, 0.15) is 0 Å². The van der Waals surface area contributed by atoms with E-state index in [1.54, 1.807) is 0 Å². The summed E-state index contributed by atoms with van der Waals surface area (Å²) >= 11 is 0. The maximum atomic E-state index is 2.54. The van der Waals surface area contributed by atoms with E-state index in [2.05, 4.69) is 246 Å². The number of rotatable bonds is 8. The van der Waals surface area contributed by atoms with Crippen molar-refractivity contribution in [3.8, 4) is 39.1 Å². The molecule has 2 heteroatoms. The first-order chi connectivity index (χ1) is 33.8. The molecule has 0 N–H and O–H groups in total. The molecule has 0 atom stereocenters. The zero-order valence-electron chi connectivity index (χ0n) is 38.0. The molecule has 12 aromatic rings. The molecule has 0 spiro atoms. The number of anilines is 3. The molecule has 0 bridgehead atoms. The predicted molar refractivity (Wildman–Crippen MR) is 290 cm³/mol. The summed E-state index contributed by atoms with van der Waals surface area (Å²) in [7, 11) is 0. The van der Waals surface area contributed by atoms with Crippen molar-refractivity contribution in [3.05, 3.63) is 242 Å². The van der Waals surface area contributed by atoms with Gasteiger partial charge in [-0.05, 0) is 133 Å². The van der Waals surface area contributed by atoms with Gasteiger partial charge in [-0.15, -0.1) is 0 Å². The monoisotopic (exact) mass is 870 g/mol. The van der Waals surface area contributed by atoms with Gasteiger partial charge in [-0.1, -0.05) is 201 Å². The zero-order chi connectivity index (χ0) is 45.0. The molecular weight excluding hydrogens is 821 g/mol. The van der Waals surface area contributed by atoms with Crippen molar-refractivity contribution in [1.29, 1.82) is 0 Å². The molecule has 1 aliphatic carbocycles. The lowest BCUT2D eigenvalue weighted by molar-refractivity contribution is 0.445. The Morgan fingerprint density at radius 3 is 1.84 bits per heavy atom. The van der Waals surface area contributed by atoms with Gasteiger partial charge >= 0.3 is 0 Å². The van der Waals surface area contributed by atoms with Crippen molar-refractivity contribution in [3.63, 3.8) is 0 Å². The first-order valence-electron chi connectivity index (χ1n) is 24.4. The molecule has 0 aliphatic heterocycles. The number of aromatic nitrogens is 1. The van der Waals surface area contributed by atoms with Crippen LogP contribution >= 0.6 is 0 Å². The Hall–Kier alpha value is -8.20. The van der Waals surface area contributed by atoms with Gasteiger partial charge in [0.05, 0.1) is 22.4 Å². The summed E-state index contributed by atoms with van der Waals surface area (Å²) in [6, 6.07) is 88.0. The lowest BCUT2D eigenvalue weighted by Crippen LogP contribution is -2.13. The van der Waals surface area contributed by atoms with E-state index in [1.807, 2.05) is 0 Å². The van der Waals surface area contributed by atoms with Gasteiger partial charge in [0.2, 0.25) is 0 Å². The minimum atomic E-state index is 0.565. The molecule has 0 saturated heterocycles. The third kappa shape index (κ3) is 6.78. The lowest BCUT2D eigenvalue weighted by Gasteiger charge is -2.31. The van der Waals surface area contributed by atoms with Crippen molar-refractivity contribution in [2.24, 2.45) is 0 Å². The molecule has 1 saturated carbocycles. The van der Waals surface area contributed by atoms with E-state index in [0.717, 1.165) is 22.7 Å². The number of para-hydroxylation sites is 4. The van der Waals surface area contributed by atoms with E-state index < -0.39 is 0 Å². The number of fused-ring (bicyclic) bond motifs is 7. The van der Waals surface area contributed by atoms with Crippen LogP contribution < -0.4 is 4.90 Å². The van der Waals surface area contributed by atoms with E-state index in [0.29, 0.717) is 5.92 Å². The van der Waals surface area contributed by atoms with E-state index in [-0.39, 0.29) is 0 Å². The first kappa shape index (κ1) is 40.1. The standard InChI is InChI=1S/C66H50N2/c1-3-19-45(20-4-1)55-33-16-22-47-23-17-35-60(66(47)55)58-30-10-13-37-63(58)68(51-27-15-24-48(43-51)53-32-18-34-56-52-28-8-7-21-46(52)39-41-57(53)56)62-36-12-9-29-54(62)49-40-42-65-61(44-49)59-31-11-14-38-64(59)67(65)50-25-5-2-6-26-50/h2,5-18,21-45H,1,3-4,19-20H2. The second-order valence-electron chi connectivity index (χ2n) is 18.6. The minimum absolute atomic E-state index is 0.565. The molecule has 2 nitrogen and oxygen atoms in total. The summed E-state index contributed by atoms with van der Waals surface area (Å²) in [6.45, 7) is 0. The van der Waals surface area contributed by atoms with Crippen LogP contribution in [0.15, 0.2) is 237 Å². The Labute approximate surface area is 398 Å². The van der Waals surface area contributed by atoms with Gasteiger partial charge in [-0.3, -0.25) is 0 Å². The molecule has 324 valence electrons. The van der Waals surface area contributed by atoms with E-state index >= 15 is 0 Å². The molecule has 1 heterocycles. The molecule has 0 unspecified atom stereocenters. The normalized spacial score (nSPS) is 13.2. The molecule has 11 aromatic carbocycles. The van der Waals surface area contributed by atoms with Crippen LogP contribution in [-0.2, 0) is 0 Å². The molecule has 1 aliphatic rings. The van der Waals surface area contributed by atoms with Crippen LogP contribution in [0.25, 0.3) is 93.2 Å². The molecule has 68 heavy (non-hydrogen) atoms. The highest BCUT2D eigenvalue weighted by atomic mass is 15.1. The Morgan fingerprint density at radius 2 is 0.971 bits per heavy atom. The van der Waals surface area contributed by atoms with Crippen LogP contribution in [0.3, 0.4) is 0 Å². The SMILES string of the molecule is c1ccc(-n2c3ccccc3c3cc(-c4ccccc4N(c4cccc(-c5cccc6c5ccc5ccccc56)c4)c4ccccc4-c4cccc5cccc(C6CCCCC6)c45)ccc32)cc1. The lowest BCUT2D eigenvalue weighted by atomic mass is 9.80. The number of hydrogen-bond acceptors (Lipinski definition) is 1. The van der Waals surface area contributed by atoms with Gasteiger partial charge in [-0.25, -0.2) is 0 Å². The summed E-state index contributed by atoms with van der Waals surface area (Å²) in [5.74, 6) is 0.565. The first-order valence-corrected chi connectivity index (χ1v) is 24.4. The van der Waals surface area contributed by atoms with Crippen molar-refractivity contribution in [1.82, 2.24) is 4.57 Å². The van der Waals surface area contributed by atoms with Crippen molar-refractivity contribution in [2.45, 2.75) is 38.0 Å². The predicted octanol–water partition coefficient (Wildman–Crippen LogP) is 18.8. The number of benzene rings is 11. The Bertz CT molecular complexity index is 3850. The van der Waals surface area contributed by atoms with Gasteiger partial charge in [-0.2, -0.15) is 0 Å². The topological polar surface area (TPSA) is 8.17 Å². The van der Waals surface area contributed by atoms with Crippen LogP contribution in [0, 0.1) is 0 Å². The van der Waals surface area contributed by atoms with Crippen LogP contribution in [0.4, 0.5) is 17.1 Å². The Morgan fingerprint density at radius 1 is 0.353 bits per heavy atom. The highest BCUT2D eigenvalue weighted by Crippen LogP contribution is 2.49. The zero-order valence-corrected chi connectivity index (χ0v) is 38.0. The average molecular weight is 871 g/mol. The number of nitrogens with zero attached hydrogens (tertiary/aromatic N) is 2. The second kappa shape index (κ2) is 16.9. The fourth-order valence-electron chi connectivity index (χ4n) is 11.7. The third-order valence-corrected chi connectivity index (χ3v) is 14.8. The highest BCUT2D eigenvalue weighted by Gasteiger charge is 2.25. The van der Waals surface area contributed by atoms with Gasteiger partial charge in [0.25, 0.3) is 0 Å². The molecule has 0 amide bonds. The van der Waals surface area contributed by atoms with Crippen LogP contribution in [-0.4, -0.2) is 4.57 Å². The summed E-state index contributed by atoms with van der Waals surface area (Å²) in [4.78, 5) is 2.54. The number of hydrogen-bond donors (Lipinski definition) is 0. The second-order valence-corrected chi connectivity index (χ2v) is 18.6. The maximum absolute atomic E-state index is 2.54. The fourth-order valence-corrected chi connectivity index (χ4v) is 11.7. The van der Waals surface area contributed by atoms with E-state index in [1.165, 1.54) is 125 Å². The summed E-state index contributed by atoms with van der Waals surface area (Å²) in [6.07, 6.45) is 6.43. The average Bonchev–Trinajstić information content (AvgIpc) is 3.75. The van der Waals surface area contributed by atoms with Crippen molar-refractivity contribution >= 4 is 71.2 Å². The highest BCUT2D eigenvalue weighted by molar-refractivity contribution is 6.13. The van der Waals surface area contributed by atoms with Crippen LogP contribution in [0.5, 0.6) is 0 Å². The van der Waals surface area contributed by atoms with Crippen LogP contribution in [0.1, 0.15) is 43.6 Å². The quantitative estimate of drug-likeness (QED) is 0.138. The van der Waals surface area contributed by atoms with E-state index in [4.69, 9.17) is 0 Å². The summed E-state index contributed by atoms with van der Waals surface area (Å²) < 4.78 is 2.40. The Kier molecular flexibility index (Phi) is 9.97. The van der Waals surface area contributed by atoms with Crippen molar-refractivity contribution < 1.29 is 0 Å². The summed E-state index contributed by atoms with van der Waals surface area (Å²) in [5, 5.41) is 10.2. The maximum Gasteiger partial charge on any atom is 0.0541 e. The Balaban J connectivity index is 1.05. The van der Waals surface area contributed by atoms with Gasteiger partial charge in [0.15, 0.2) is 0 Å². The van der Waals surface area contributed by atoms with Gasteiger partial charge in [0, 0.05) is 33.3 Å². The smallest absolute Gasteiger partial charge is 0.0541 e. The van der Waals surface area contributed by atoms with Crippen molar-refractivity contribution in [2.75, 3.05) is 4.90 Å². The summed E-state index contributed by atoms with van der Waals surface area (Å²) in [5.41, 5.74) is 15.7. The fraction of sp³-hybridized carbons (Fsp3) is 0.0909. The van der Waals surface area contributed by atoms with Gasteiger partial charge < -0.3 is 9.47 Å².